The second kappa shape index (κ2) is 7.28. The molecule has 0 bridgehead atoms. The maximum absolute atomic E-state index is 11.6. The predicted octanol–water partition coefficient (Wildman–Crippen LogP) is 2.54. The third kappa shape index (κ3) is 4.09. The first-order valence-corrected chi connectivity index (χ1v) is 7.31. The van der Waals surface area contributed by atoms with Crippen molar-refractivity contribution >= 4 is 21.9 Å². The molecule has 1 atom stereocenters. The van der Waals surface area contributed by atoms with Crippen LogP contribution in [-0.2, 0) is 11.2 Å². The van der Waals surface area contributed by atoms with Gasteiger partial charge < -0.3 is 5.11 Å². The van der Waals surface area contributed by atoms with E-state index in [2.05, 4.69) is 25.9 Å². The number of benzene rings is 1. The highest BCUT2D eigenvalue weighted by atomic mass is 79.9. The van der Waals surface area contributed by atoms with Crippen LogP contribution in [0.2, 0.25) is 0 Å². The highest BCUT2D eigenvalue weighted by Crippen LogP contribution is 2.27. The third-order valence-corrected chi connectivity index (χ3v) is 3.93. The normalized spacial score (nSPS) is 12.3. The molecule has 0 spiro atoms. The summed E-state index contributed by atoms with van der Waals surface area (Å²) in [5, 5.41) is 9.53. The Morgan fingerprint density at radius 1 is 1.38 bits per heavy atom. The highest BCUT2D eigenvalue weighted by Gasteiger charge is 2.26. The molecule has 1 unspecified atom stereocenters. The average molecular weight is 350 g/mol. The maximum Gasteiger partial charge on any atom is 0.325 e. The van der Waals surface area contributed by atoms with Crippen molar-refractivity contribution in [3.05, 3.63) is 58.6 Å². The van der Waals surface area contributed by atoms with Crippen LogP contribution in [0.25, 0.3) is 0 Å². The van der Waals surface area contributed by atoms with Gasteiger partial charge in [-0.05, 0) is 18.7 Å². The third-order valence-electron chi connectivity index (χ3n) is 3.21. The molecule has 1 heterocycles. The number of likely N-dealkylation sites (N-methyl/N-ethyl adjacent to an activating group) is 1. The lowest BCUT2D eigenvalue weighted by molar-refractivity contribution is -0.143. The highest BCUT2D eigenvalue weighted by molar-refractivity contribution is 9.10. The number of carboxylic acids is 1. The van der Waals surface area contributed by atoms with E-state index in [1.807, 2.05) is 24.3 Å². The number of hydrogen-bond acceptors (Lipinski definition) is 4. The molecule has 0 aliphatic carbocycles. The van der Waals surface area contributed by atoms with Crippen LogP contribution >= 0.6 is 15.9 Å². The summed E-state index contributed by atoms with van der Waals surface area (Å²) in [6, 6.07) is 6.68. The fourth-order valence-corrected chi connectivity index (χ4v) is 2.64. The Morgan fingerprint density at radius 3 is 2.76 bits per heavy atom. The topological polar surface area (TPSA) is 66.3 Å². The second-order valence-electron chi connectivity index (χ2n) is 4.69. The second-order valence-corrected chi connectivity index (χ2v) is 5.54. The Labute approximate surface area is 131 Å². The van der Waals surface area contributed by atoms with Crippen LogP contribution in [0.5, 0.6) is 0 Å². The summed E-state index contributed by atoms with van der Waals surface area (Å²) < 4.78 is 0.795. The van der Waals surface area contributed by atoms with E-state index in [1.165, 1.54) is 0 Å². The number of nitrogens with zero attached hydrogens (tertiary/aromatic N) is 3. The number of carboxylic acid groups (broad SMARTS) is 1. The van der Waals surface area contributed by atoms with E-state index in [-0.39, 0.29) is 0 Å². The molecule has 5 nitrogen and oxygen atoms in total. The van der Waals surface area contributed by atoms with Crippen molar-refractivity contribution in [1.29, 1.82) is 0 Å². The lowest BCUT2D eigenvalue weighted by atomic mass is 10.1. The standard InChI is InChI=1S/C15H16BrN3O2/c1-19(9-6-11-10-17-7-8-18-11)14(15(20)21)12-4-2-3-5-13(12)16/h2-5,7-8,10,14H,6,9H2,1H3,(H,20,21). The summed E-state index contributed by atoms with van der Waals surface area (Å²) >= 11 is 3.42. The van der Waals surface area contributed by atoms with Crippen molar-refractivity contribution in [1.82, 2.24) is 14.9 Å². The first-order valence-electron chi connectivity index (χ1n) is 6.52. The van der Waals surface area contributed by atoms with E-state index in [4.69, 9.17) is 0 Å². The minimum atomic E-state index is -0.872. The zero-order valence-corrected chi connectivity index (χ0v) is 13.2. The van der Waals surface area contributed by atoms with Crippen molar-refractivity contribution in [2.24, 2.45) is 0 Å². The van der Waals surface area contributed by atoms with E-state index < -0.39 is 12.0 Å². The molecule has 0 aliphatic rings. The molecule has 0 saturated heterocycles. The molecule has 1 aromatic carbocycles. The minimum Gasteiger partial charge on any atom is -0.480 e. The van der Waals surface area contributed by atoms with Crippen LogP contribution < -0.4 is 0 Å². The average Bonchev–Trinajstić information content (AvgIpc) is 2.48. The molecule has 21 heavy (non-hydrogen) atoms. The Morgan fingerprint density at radius 2 is 2.14 bits per heavy atom. The van der Waals surface area contributed by atoms with Gasteiger partial charge in [-0.15, -0.1) is 0 Å². The summed E-state index contributed by atoms with van der Waals surface area (Å²) in [7, 11) is 1.80. The van der Waals surface area contributed by atoms with Gasteiger partial charge in [-0.2, -0.15) is 0 Å². The maximum atomic E-state index is 11.6. The van der Waals surface area contributed by atoms with Crippen LogP contribution in [0.15, 0.2) is 47.3 Å². The molecule has 2 aromatic rings. The molecule has 0 amide bonds. The Bertz CT molecular complexity index is 607. The molecule has 0 fully saturated rings. The van der Waals surface area contributed by atoms with Gasteiger partial charge in [0.05, 0.1) is 5.69 Å². The molecular weight excluding hydrogens is 334 g/mol. The fourth-order valence-electron chi connectivity index (χ4n) is 2.13. The summed E-state index contributed by atoms with van der Waals surface area (Å²) in [6.07, 6.45) is 5.60. The molecule has 2 rings (SSSR count). The Balaban J connectivity index is 2.12. The van der Waals surface area contributed by atoms with Crippen LogP contribution in [0.4, 0.5) is 0 Å². The van der Waals surface area contributed by atoms with Gasteiger partial charge in [-0.1, -0.05) is 34.1 Å². The zero-order chi connectivity index (χ0) is 15.2. The van der Waals surface area contributed by atoms with E-state index in [0.717, 1.165) is 15.7 Å². The summed E-state index contributed by atoms with van der Waals surface area (Å²) in [5.41, 5.74) is 1.59. The molecule has 1 aromatic heterocycles. The Hall–Kier alpha value is -1.79. The van der Waals surface area contributed by atoms with Crippen molar-refractivity contribution in [2.75, 3.05) is 13.6 Å². The van der Waals surface area contributed by atoms with Gasteiger partial charge in [0.25, 0.3) is 0 Å². The Kier molecular flexibility index (Phi) is 5.41. The first-order chi connectivity index (χ1) is 10.1. The summed E-state index contributed by atoms with van der Waals surface area (Å²) in [4.78, 5) is 21.6. The summed E-state index contributed by atoms with van der Waals surface area (Å²) in [6.45, 7) is 0.580. The largest absolute Gasteiger partial charge is 0.480 e. The quantitative estimate of drug-likeness (QED) is 0.867. The van der Waals surface area contributed by atoms with Gasteiger partial charge in [0, 0.05) is 36.0 Å². The number of aromatic nitrogens is 2. The van der Waals surface area contributed by atoms with Crippen molar-refractivity contribution < 1.29 is 9.90 Å². The van der Waals surface area contributed by atoms with E-state index in [1.54, 1.807) is 30.5 Å². The molecule has 1 N–H and O–H groups in total. The lowest BCUT2D eigenvalue weighted by Gasteiger charge is -2.25. The van der Waals surface area contributed by atoms with Crippen molar-refractivity contribution in [2.45, 2.75) is 12.5 Å². The molecule has 0 aliphatic heterocycles. The number of halogens is 1. The first kappa shape index (κ1) is 15.6. The predicted molar refractivity (Wildman–Crippen MR) is 82.9 cm³/mol. The van der Waals surface area contributed by atoms with Crippen LogP contribution in [0.3, 0.4) is 0 Å². The molecule has 110 valence electrons. The molecule has 6 heteroatoms. The lowest BCUT2D eigenvalue weighted by Crippen LogP contribution is -2.32. The van der Waals surface area contributed by atoms with Gasteiger partial charge in [-0.3, -0.25) is 19.7 Å². The van der Waals surface area contributed by atoms with Gasteiger partial charge in [-0.25, -0.2) is 0 Å². The monoisotopic (exact) mass is 349 g/mol. The van der Waals surface area contributed by atoms with Gasteiger partial charge >= 0.3 is 5.97 Å². The summed E-state index contributed by atoms with van der Waals surface area (Å²) in [5.74, 6) is -0.872. The van der Waals surface area contributed by atoms with E-state index in [0.29, 0.717) is 13.0 Å². The number of aliphatic carboxylic acids is 1. The minimum absolute atomic E-state index is 0.580. The SMILES string of the molecule is CN(CCc1cnccn1)C(C(=O)O)c1ccccc1Br. The number of carbonyl (C=O) groups is 1. The number of rotatable bonds is 6. The van der Waals surface area contributed by atoms with Gasteiger partial charge in [0.15, 0.2) is 0 Å². The van der Waals surface area contributed by atoms with Crippen LogP contribution in [0, 0.1) is 0 Å². The molecule has 0 radical (unpaired) electrons. The van der Waals surface area contributed by atoms with E-state index >= 15 is 0 Å². The van der Waals surface area contributed by atoms with E-state index in [9.17, 15) is 9.90 Å². The van der Waals surface area contributed by atoms with Crippen LogP contribution in [0.1, 0.15) is 17.3 Å². The fraction of sp³-hybridized carbons (Fsp3) is 0.267. The molecular formula is C15H16BrN3O2. The van der Waals surface area contributed by atoms with Crippen LogP contribution in [-0.4, -0.2) is 39.5 Å². The molecule has 0 saturated carbocycles. The van der Waals surface area contributed by atoms with Gasteiger partial charge in [0.2, 0.25) is 0 Å². The smallest absolute Gasteiger partial charge is 0.325 e. The van der Waals surface area contributed by atoms with Gasteiger partial charge in [0.1, 0.15) is 6.04 Å². The van der Waals surface area contributed by atoms with Crippen molar-refractivity contribution in [3.8, 4) is 0 Å². The zero-order valence-electron chi connectivity index (χ0n) is 11.6. The van der Waals surface area contributed by atoms with Crippen molar-refractivity contribution in [3.63, 3.8) is 0 Å². The number of hydrogen-bond donors (Lipinski definition) is 1.